The molecule has 0 saturated heterocycles. The Bertz CT molecular complexity index is 1200. The molecule has 4 aromatic rings. The van der Waals surface area contributed by atoms with E-state index in [2.05, 4.69) is 49.4 Å². The van der Waals surface area contributed by atoms with Gasteiger partial charge in [-0.3, -0.25) is 14.5 Å². The van der Waals surface area contributed by atoms with Crippen molar-refractivity contribution in [3.63, 3.8) is 0 Å². The predicted molar refractivity (Wildman–Crippen MR) is 129 cm³/mol. The fraction of sp³-hybridized carbons (Fsp3) is 0.208. The van der Waals surface area contributed by atoms with Gasteiger partial charge in [0.1, 0.15) is 0 Å². The maximum atomic E-state index is 6.11. The summed E-state index contributed by atoms with van der Waals surface area (Å²) in [6.45, 7) is 3.64. The summed E-state index contributed by atoms with van der Waals surface area (Å²) in [5.74, 6) is 0. The molecule has 1 aromatic carbocycles. The second-order valence-electron chi connectivity index (χ2n) is 7.54. The van der Waals surface area contributed by atoms with Crippen molar-refractivity contribution in [2.75, 3.05) is 18.5 Å². The van der Waals surface area contributed by atoms with Gasteiger partial charge in [-0.25, -0.2) is 0 Å². The first-order valence-electron chi connectivity index (χ1n) is 10.1. The molecule has 0 unspecified atom stereocenters. The van der Waals surface area contributed by atoms with E-state index < -0.39 is 0 Å². The second-order valence-corrected chi connectivity index (χ2v) is 8.34. The highest BCUT2D eigenvalue weighted by Gasteiger charge is 2.13. The fourth-order valence-corrected chi connectivity index (χ4v) is 3.96. The number of hydrogen-bond donors (Lipinski definition) is 0. The van der Waals surface area contributed by atoms with Crippen molar-refractivity contribution in [2.24, 2.45) is 0 Å². The van der Waals surface area contributed by atoms with Crippen LogP contribution in [0.2, 0.25) is 5.02 Å². The lowest BCUT2D eigenvalue weighted by atomic mass is 10.2. The minimum Gasteiger partial charge on any atom is -0.373 e. The molecule has 0 aliphatic rings. The number of hydrogen-bond acceptors (Lipinski definition) is 4. The number of halogens is 1. The van der Waals surface area contributed by atoms with Gasteiger partial charge in [0, 0.05) is 79.1 Å². The van der Waals surface area contributed by atoms with Crippen molar-refractivity contribution in [1.82, 2.24) is 19.1 Å². The Balaban J connectivity index is 1.65. The van der Waals surface area contributed by atoms with Crippen LogP contribution >= 0.6 is 23.8 Å². The zero-order valence-corrected chi connectivity index (χ0v) is 19.1. The van der Waals surface area contributed by atoms with Crippen LogP contribution in [0, 0.1) is 11.7 Å². The first-order chi connectivity index (χ1) is 15.0. The summed E-state index contributed by atoms with van der Waals surface area (Å²) in [6, 6.07) is 15.9. The molecule has 0 spiro atoms. The average Bonchev–Trinajstić information content (AvgIpc) is 3.09. The zero-order chi connectivity index (χ0) is 21.8. The van der Waals surface area contributed by atoms with Crippen molar-refractivity contribution in [2.45, 2.75) is 19.9 Å². The van der Waals surface area contributed by atoms with Gasteiger partial charge in [-0.1, -0.05) is 17.7 Å². The summed E-state index contributed by atoms with van der Waals surface area (Å²) in [7, 11) is 2.08. The third-order valence-electron chi connectivity index (χ3n) is 5.23. The lowest BCUT2D eigenvalue weighted by Gasteiger charge is -2.19. The number of rotatable bonds is 7. The van der Waals surface area contributed by atoms with Crippen LogP contribution in [0.3, 0.4) is 0 Å². The molecule has 0 atom stereocenters. The zero-order valence-electron chi connectivity index (χ0n) is 17.6. The third-order valence-corrected chi connectivity index (χ3v) is 5.90. The highest BCUT2D eigenvalue weighted by Crippen LogP contribution is 2.20. The van der Waals surface area contributed by atoms with E-state index in [-0.39, 0.29) is 0 Å². The van der Waals surface area contributed by atoms with Crippen molar-refractivity contribution < 1.29 is 0 Å². The van der Waals surface area contributed by atoms with Gasteiger partial charge in [0.25, 0.3) is 0 Å². The Morgan fingerprint density at radius 3 is 2.45 bits per heavy atom. The van der Waals surface area contributed by atoms with Gasteiger partial charge in [0.05, 0.1) is 0 Å². The Morgan fingerprint density at radius 1 is 1.03 bits per heavy atom. The molecule has 0 saturated carbocycles. The van der Waals surface area contributed by atoms with E-state index in [9.17, 15) is 0 Å². The van der Waals surface area contributed by atoms with Gasteiger partial charge in [-0.05, 0) is 67.2 Å². The summed E-state index contributed by atoms with van der Waals surface area (Å²) in [5.41, 5.74) is 5.38. The van der Waals surface area contributed by atoms with Gasteiger partial charge in [-0.15, -0.1) is 0 Å². The van der Waals surface area contributed by atoms with Gasteiger partial charge in [0.15, 0.2) is 4.77 Å². The molecule has 158 valence electrons. The van der Waals surface area contributed by atoms with Gasteiger partial charge < -0.3 is 9.47 Å². The molecule has 0 aliphatic carbocycles. The van der Waals surface area contributed by atoms with E-state index in [0.29, 0.717) is 11.4 Å². The average molecular weight is 450 g/mol. The molecule has 0 bridgehead atoms. The summed E-state index contributed by atoms with van der Waals surface area (Å²) >= 11 is 12.0. The minimum absolute atomic E-state index is 0.694. The van der Waals surface area contributed by atoms with Gasteiger partial charge in [0.2, 0.25) is 0 Å². The molecule has 3 heterocycles. The molecular formula is C24H24ClN5S. The largest absolute Gasteiger partial charge is 0.373 e. The van der Waals surface area contributed by atoms with Crippen LogP contribution < -0.4 is 4.90 Å². The van der Waals surface area contributed by atoms with E-state index in [1.54, 1.807) is 12.4 Å². The molecule has 7 heteroatoms. The molecule has 3 aromatic heterocycles. The molecule has 5 nitrogen and oxygen atoms in total. The summed E-state index contributed by atoms with van der Waals surface area (Å²) in [5, 5.41) is 0.704. The number of imidazole rings is 1. The van der Waals surface area contributed by atoms with Crippen LogP contribution in [0.1, 0.15) is 17.0 Å². The molecule has 0 N–H and O–H groups in total. The van der Waals surface area contributed by atoms with E-state index in [4.69, 9.17) is 23.8 Å². The molecular weight excluding hydrogens is 426 g/mol. The lowest BCUT2D eigenvalue weighted by Crippen LogP contribution is -2.22. The molecule has 0 radical (unpaired) electrons. The van der Waals surface area contributed by atoms with Crippen molar-refractivity contribution in [3.05, 3.63) is 100 Å². The SMILES string of the molecule is Cc1ccc(Cc2cn(CCN(C)c3ccncc3)c(=S)n2-c2ccc(Cl)cc2)nc1. The number of nitrogens with zero attached hydrogens (tertiary/aromatic N) is 5. The van der Waals surface area contributed by atoms with E-state index in [1.165, 1.54) is 0 Å². The summed E-state index contributed by atoms with van der Waals surface area (Å²) in [6.07, 6.45) is 8.35. The van der Waals surface area contributed by atoms with Crippen molar-refractivity contribution >= 4 is 29.5 Å². The van der Waals surface area contributed by atoms with Crippen LogP contribution in [0.5, 0.6) is 0 Å². The number of benzene rings is 1. The Kier molecular flexibility index (Phi) is 6.49. The van der Waals surface area contributed by atoms with Crippen LogP contribution in [0.15, 0.2) is 73.3 Å². The Hall–Kier alpha value is -2.96. The predicted octanol–water partition coefficient (Wildman–Crippen LogP) is 5.49. The van der Waals surface area contributed by atoms with Crippen molar-refractivity contribution in [3.8, 4) is 5.69 Å². The van der Waals surface area contributed by atoms with E-state index in [0.717, 1.165) is 46.2 Å². The molecule has 4 rings (SSSR count). The first-order valence-corrected chi connectivity index (χ1v) is 10.9. The smallest absolute Gasteiger partial charge is 0.184 e. The monoisotopic (exact) mass is 449 g/mol. The van der Waals surface area contributed by atoms with E-state index >= 15 is 0 Å². The first kappa shape index (κ1) is 21.3. The summed E-state index contributed by atoms with van der Waals surface area (Å²) in [4.78, 5) is 10.9. The van der Waals surface area contributed by atoms with Crippen LogP contribution in [-0.2, 0) is 13.0 Å². The highest BCUT2D eigenvalue weighted by atomic mass is 35.5. The number of aromatic nitrogens is 4. The second kappa shape index (κ2) is 9.45. The topological polar surface area (TPSA) is 38.9 Å². The quantitative estimate of drug-likeness (QED) is 0.350. The molecule has 0 fully saturated rings. The summed E-state index contributed by atoms with van der Waals surface area (Å²) < 4.78 is 5.00. The fourth-order valence-electron chi connectivity index (χ4n) is 3.47. The minimum atomic E-state index is 0.694. The normalized spacial score (nSPS) is 10.9. The van der Waals surface area contributed by atoms with Crippen LogP contribution in [-0.4, -0.2) is 32.7 Å². The Labute approximate surface area is 192 Å². The molecule has 0 amide bonds. The maximum Gasteiger partial charge on any atom is 0.184 e. The number of pyridine rings is 2. The lowest BCUT2D eigenvalue weighted by molar-refractivity contribution is 0.669. The Morgan fingerprint density at radius 2 is 1.77 bits per heavy atom. The maximum absolute atomic E-state index is 6.11. The van der Waals surface area contributed by atoms with Crippen LogP contribution in [0.25, 0.3) is 5.69 Å². The highest BCUT2D eigenvalue weighted by molar-refractivity contribution is 7.71. The number of anilines is 1. The van der Waals surface area contributed by atoms with E-state index in [1.807, 2.05) is 49.5 Å². The molecule has 31 heavy (non-hydrogen) atoms. The van der Waals surface area contributed by atoms with Crippen molar-refractivity contribution in [1.29, 1.82) is 0 Å². The molecule has 0 aliphatic heterocycles. The third kappa shape index (κ3) is 5.03. The van der Waals surface area contributed by atoms with Crippen LogP contribution in [0.4, 0.5) is 5.69 Å². The van der Waals surface area contributed by atoms with Gasteiger partial charge >= 0.3 is 0 Å². The van der Waals surface area contributed by atoms with Gasteiger partial charge in [-0.2, -0.15) is 0 Å². The standard InChI is InChI=1S/C24H24ClN5S/c1-18-3-6-20(27-16-18)15-23-17-29(14-13-28(2)21-9-11-26-12-10-21)24(31)30(23)22-7-4-19(25)5-8-22/h3-12,16-17H,13-15H2,1-2H3. The number of likely N-dealkylation sites (N-methyl/N-ethyl adjacent to an activating group) is 1. The number of aryl methyl sites for hydroxylation is 1.